The molecule has 3 atom stereocenters. The Morgan fingerprint density at radius 1 is 1.16 bits per heavy atom. The van der Waals surface area contributed by atoms with Crippen molar-refractivity contribution < 1.29 is 19.4 Å². The molecule has 0 aliphatic carbocycles. The third-order valence-electron chi connectivity index (χ3n) is 3.65. The Morgan fingerprint density at radius 3 is 2.47 bits per heavy atom. The van der Waals surface area contributed by atoms with E-state index in [0.29, 0.717) is 0 Å². The molecule has 0 aromatic heterocycles. The summed E-state index contributed by atoms with van der Waals surface area (Å²) in [5.41, 5.74) is 0. The van der Waals surface area contributed by atoms with E-state index in [1.807, 2.05) is 12.2 Å². The number of carboxylic acid groups (broad SMARTS) is 1. The van der Waals surface area contributed by atoms with Crippen LogP contribution in [0.2, 0.25) is 0 Å². The van der Waals surface area contributed by atoms with Gasteiger partial charge in [-0.3, -0.25) is 0 Å². The molecule has 108 valence electrons. The molecular weight excluding hydrogens is 246 g/mol. The Bertz CT molecular complexity index is 307. The van der Waals surface area contributed by atoms with Gasteiger partial charge >= 0.3 is 6.09 Å². The zero-order valence-corrected chi connectivity index (χ0v) is 11.2. The highest BCUT2D eigenvalue weighted by Crippen LogP contribution is 2.18. The Balaban J connectivity index is 1.91. The predicted molar refractivity (Wildman–Crippen MR) is 71.3 cm³/mol. The lowest BCUT2D eigenvalue weighted by molar-refractivity contribution is 0.00220. The van der Waals surface area contributed by atoms with Crippen LogP contribution in [0.25, 0.3) is 0 Å². The predicted octanol–water partition coefficient (Wildman–Crippen LogP) is 2.32. The van der Waals surface area contributed by atoms with Gasteiger partial charge in [-0.25, -0.2) is 4.79 Å². The fourth-order valence-corrected chi connectivity index (χ4v) is 2.62. The molecule has 19 heavy (non-hydrogen) atoms. The van der Waals surface area contributed by atoms with Crippen LogP contribution in [-0.4, -0.2) is 42.7 Å². The van der Waals surface area contributed by atoms with Crippen LogP contribution < -0.4 is 5.32 Å². The third-order valence-corrected chi connectivity index (χ3v) is 3.65. The van der Waals surface area contributed by atoms with Gasteiger partial charge in [0.15, 0.2) is 0 Å². The summed E-state index contributed by atoms with van der Waals surface area (Å²) in [6.07, 6.45) is 9.31. The molecule has 2 fully saturated rings. The minimum atomic E-state index is -1.01. The van der Waals surface area contributed by atoms with Crippen LogP contribution in [0, 0.1) is 0 Å². The fourth-order valence-electron chi connectivity index (χ4n) is 2.62. The second-order valence-electron chi connectivity index (χ2n) is 5.17. The first-order valence-corrected chi connectivity index (χ1v) is 7.16. The summed E-state index contributed by atoms with van der Waals surface area (Å²) < 4.78 is 11.3. The van der Waals surface area contributed by atoms with E-state index >= 15 is 0 Å². The quantitative estimate of drug-likeness (QED) is 0.769. The van der Waals surface area contributed by atoms with Crippen LogP contribution in [-0.2, 0) is 9.47 Å². The fraction of sp³-hybridized carbons (Fsp3) is 0.786. The number of rotatable bonds is 4. The summed E-state index contributed by atoms with van der Waals surface area (Å²) in [5.74, 6) is 0. The molecule has 0 saturated carbocycles. The molecule has 0 radical (unpaired) electrons. The standard InChI is InChI=1S/C14H23NO4/c16-14(17)15-12(13-6-2-4-10-19-13)8-7-11-5-1-3-9-18-11/h7-8,11-13,15H,1-6,9-10H2,(H,16,17)/b8-7+. The molecule has 2 N–H and O–H groups in total. The molecular formula is C14H23NO4. The number of hydrogen-bond donors (Lipinski definition) is 2. The SMILES string of the molecule is O=C(O)NC(/C=C/C1CCCCO1)C1CCCCO1. The number of amides is 1. The maximum Gasteiger partial charge on any atom is 0.405 e. The van der Waals surface area contributed by atoms with Crippen molar-refractivity contribution in [1.29, 1.82) is 0 Å². The van der Waals surface area contributed by atoms with Crippen molar-refractivity contribution in [3.8, 4) is 0 Å². The van der Waals surface area contributed by atoms with E-state index < -0.39 is 6.09 Å². The number of nitrogens with one attached hydrogen (secondary N) is 1. The molecule has 2 aliphatic heterocycles. The van der Waals surface area contributed by atoms with Crippen molar-refractivity contribution in [3.05, 3.63) is 12.2 Å². The van der Waals surface area contributed by atoms with Gasteiger partial charge in [0.05, 0.1) is 18.2 Å². The number of carbonyl (C=O) groups is 1. The Hall–Kier alpha value is -1.07. The zero-order chi connectivity index (χ0) is 13.5. The van der Waals surface area contributed by atoms with E-state index in [-0.39, 0.29) is 18.2 Å². The highest BCUT2D eigenvalue weighted by atomic mass is 16.5. The molecule has 0 aromatic carbocycles. The Morgan fingerprint density at radius 2 is 1.89 bits per heavy atom. The van der Waals surface area contributed by atoms with Crippen molar-refractivity contribution in [1.82, 2.24) is 5.32 Å². The molecule has 1 amide bonds. The Labute approximate surface area is 114 Å². The summed E-state index contributed by atoms with van der Waals surface area (Å²) in [4.78, 5) is 10.9. The van der Waals surface area contributed by atoms with Gasteiger partial charge in [-0.2, -0.15) is 0 Å². The summed E-state index contributed by atoms with van der Waals surface area (Å²) in [6, 6.07) is -0.275. The van der Waals surface area contributed by atoms with Crippen molar-refractivity contribution >= 4 is 6.09 Å². The highest BCUT2D eigenvalue weighted by Gasteiger charge is 2.24. The molecule has 2 aliphatic rings. The zero-order valence-electron chi connectivity index (χ0n) is 11.2. The monoisotopic (exact) mass is 269 g/mol. The van der Waals surface area contributed by atoms with E-state index in [0.717, 1.165) is 45.3 Å². The normalized spacial score (nSPS) is 30.1. The van der Waals surface area contributed by atoms with E-state index in [1.54, 1.807) is 0 Å². The van der Waals surface area contributed by atoms with Crippen molar-refractivity contribution in [2.24, 2.45) is 0 Å². The summed E-state index contributed by atoms with van der Waals surface area (Å²) >= 11 is 0. The van der Waals surface area contributed by atoms with Gasteiger partial charge in [-0.1, -0.05) is 12.2 Å². The minimum Gasteiger partial charge on any atom is -0.465 e. The van der Waals surface area contributed by atoms with Crippen molar-refractivity contribution in [3.63, 3.8) is 0 Å². The first kappa shape index (κ1) is 14.3. The van der Waals surface area contributed by atoms with Crippen LogP contribution in [0.1, 0.15) is 38.5 Å². The van der Waals surface area contributed by atoms with Crippen LogP contribution >= 0.6 is 0 Å². The minimum absolute atomic E-state index is 0.0512. The van der Waals surface area contributed by atoms with Crippen molar-refractivity contribution in [2.75, 3.05) is 13.2 Å². The largest absolute Gasteiger partial charge is 0.465 e. The van der Waals surface area contributed by atoms with E-state index in [1.165, 1.54) is 6.42 Å². The average molecular weight is 269 g/mol. The second kappa shape index (κ2) is 7.50. The molecule has 0 aromatic rings. The molecule has 2 heterocycles. The topological polar surface area (TPSA) is 67.8 Å². The van der Waals surface area contributed by atoms with Crippen LogP contribution in [0.3, 0.4) is 0 Å². The maximum absolute atomic E-state index is 10.9. The Kier molecular flexibility index (Phi) is 5.66. The third kappa shape index (κ3) is 4.84. The van der Waals surface area contributed by atoms with Gasteiger partial charge in [0.2, 0.25) is 0 Å². The van der Waals surface area contributed by atoms with Gasteiger partial charge in [0.25, 0.3) is 0 Å². The average Bonchev–Trinajstić information content (AvgIpc) is 2.45. The first-order chi connectivity index (χ1) is 9.25. The van der Waals surface area contributed by atoms with Gasteiger partial charge < -0.3 is 19.9 Å². The molecule has 0 bridgehead atoms. The summed E-state index contributed by atoms with van der Waals surface area (Å²) in [6.45, 7) is 1.52. The lowest BCUT2D eigenvalue weighted by Gasteiger charge is -2.29. The van der Waals surface area contributed by atoms with Crippen LogP contribution in [0.4, 0.5) is 4.79 Å². The van der Waals surface area contributed by atoms with Crippen LogP contribution in [0.15, 0.2) is 12.2 Å². The molecule has 3 unspecified atom stereocenters. The molecule has 5 nitrogen and oxygen atoms in total. The molecule has 2 saturated heterocycles. The van der Waals surface area contributed by atoms with Crippen LogP contribution in [0.5, 0.6) is 0 Å². The molecule has 0 spiro atoms. The van der Waals surface area contributed by atoms with Gasteiger partial charge in [0.1, 0.15) is 0 Å². The number of ether oxygens (including phenoxy) is 2. The molecule has 2 rings (SSSR count). The van der Waals surface area contributed by atoms with Crippen molar-refractivity contribution in [2.45, 2.75) is 56.8 Å². The smallest absolute Gasteiger partial charge is 0.405 e. The first-order valence-electron chi connectivity index (χ1n) is 7.16. The highest BCUT2D eigenvalue weighted by molar-refractivity contribution is 5.65. The second-order valence-corrected chi connectivity index (χ2v) is 5.17. The maximum atomic E-state index is 10.9. The van der Waals surface area contributed by atoms with Gasteiger partial charge in [0, 0.05) is 13.2 Å². The lowest BCUT2D eigenvalue weighted by atomic mass is 10.0. The van der Waals surface area contributed by atoms with Gasteiger partial charge in [-0.05, 0) is 38.5 Å². The van der Waals surface area contributed by atoms with E-state index in [9.17, 15) is 4.79 Å². The lowest BCUT2D eigenvalue weighted by Crippen LogP contribution is -2.44. The van der Waals surface area contributed by atoms with Gasteiger partial charge in [-0.15, -0.1) is 0 Å². The summed E-state index contributed by atoms with van der Waals surface area (Å²) in [7, 11) is 0. The van der Waals surface area contributed by atoms with E-state index in [4.69, 9.17) is 14.6 Å². The number of hydrogen-bond acceptors (Lipinski definition) is 3. The molecule has 5 heteroatoms. The summed E-state index contributed by atoms with van der Waals surface area (Å²) in [5, 5.41) is 11.5. The van der Waals surface area contributed by atoms with E-state index in [2.05, 4.69) is 5.32 Å².